The van der Waals surface area contributed by atoms with Gasteiger partial charge in [0.25, 0.3) is 0 Å². The molecule has 0 aliphatic heterocycles. The van der Waals surface area contributed by atoms with E-state index < -0.39 is 5.97 Å². The summed E-state index contributed by atoms with van der Waals surface area (Å²) in [6.45, 7) is 1.34. The summed E-state index contributed by atoms with van der Waals surface area (Å²) in [5, 5.41) is 14.8. The maximum atomic E-state index is 11.7. The van der Waals surface area contributed by atoms with E-state index in [1.54, 1.807) is 0 Å². The Kier molecular flexibility index (Phi) is 2.96. The average molecular weight is 229 g/mol. The molecule has 0 aliphatic carbocycles. The maximum Gasteiger partial charge on any atom is 0.212 e. The Morgan fingerprint density at radius 1 is 1.75 bits per heavy atom. The average Bonchev–Trinajstić information content (AvgIpc) is 1.64. The van der Waals surface area contributed by atoms with Crippen LogP contribution in [0, 0.1) is 5.41 Å². The summed E-state index contributed by atoms with van der Waals surface area (Å²) in [4.78, 5) is 0. The molecule has 2 N–H and O–H groups in total. The molecule has 0 atom stereocenters. The highest BCUT2D eigenvalue weighted by molar-refractivity contribution is 14.1. The second-order valence-corrected chi connectivity index (χ2v) is 2.25. The van der Waals surface area contributed by atoms with Gasteiger partial charge in [0.05, 0.1) is 5.57 Å². The molecule has 8 heavy (non-hydrogen) atoms. The molecule has 0 aromatic carbocycles. The van der Waals surface area contributed by atoms with Crippen LogP contribution in [0.2, 0.25) is 0 Å². The van der Waals surface area contributed by atoms with Gasteiger partial charge in [0.1, 0.15) is 0 Å². The molecule has 0 saturated carbocycles. The van der Waals surface area contributed by atoms with Crippen molar-refractivity contribution in [3.05, 3.63) is 9.34 Å². The summed E-state index contributed by atoms with van der Waals surface area (Å²) in [6, 6.07) is 0. The third kappa shape index (κ3) is 2.25. The first-order chi connectivity index (χ1) is 3.55. The molecular weight excluding hydrogens is 224 g/mol. The quantitative estimate of drug-likeness (QED) is 0.403. The van der Waals surface area contributed by atoms with Gasteiger partial charge in [-0.2, -0.15) is 4.39 Å². The van der Waals surface area contributed by atoms with E-state index in [1.807, 2.05) is 0 Å². The van der Waals surface area contributed by atoms with Crippen LogP contribution < -0.4 is 0 Å². The van der Waals surface area contributed by atoms with Crippen molar-refractivity contribution in [1.82, 2.24) is 0 Å². The summed E-state index contributed by atoms with van der Waals surface area (Å²) in [7, 11) is 0. The van der Waals surface area contributed by atoms with Crippen LogP contribution >= 0.6 is 22.6 Å². The lowest BCUT2D eigenvalue weighted by Crippen LogP contribution is -1.89. The zero-order valence-corrected chi connectivity index (χ0v) is 6.36. The van der Waals surface area contributed by atoms with Gasteiger partial charge >= 0.3 is 0 Å². The predicted molar refractivity (Wildman–Crippen MR) is 38.2 cm³/mol. The van der Waals surface area contributed by atoms with Crippen LogP contribution in [0.3, 0.4) is 0 Å². The summed E-state index contributed by atoms with van der Waals surface area (Å²) < 4.78 is 11.5. The van der Waals surface area contributed by atoms with E-state index in [9.17, 15) is 4.39 Å². The number of hydrogen-bond donors (Lipinski definition) is 2. The number of rotatable bonds is 1. The van der Waals surface area contributed by atoms with Crippen LogP contribution in [0.1, 0.15) is 6.92 Å². The first kappa shape index (κ1) is 7.87. The van der Waals surface area contributed by atoms with Crippen molar-refractivity contribution < 1.29 is 9.50 Å². The summed E-state index contributed by atoms with van der Waals surface area (Å²) in [5.74, 6) is -1.09. The number of hydrogen-bond acceptors (Lipinski definition) is 2. The molecule has 0 saturated heterocycles. The Labute approximate surface area is 60.1 Å². The number of aliphatic hydroxyl groups is 1. The fraction of sp³-hybridized carbons (Fsp3) is 0.250. The Balaban J connectivity index is 4.23. The lowest BCUT2D eigenvalue weighted by molar-refractivity contribution is 0.460. The highest BCUT2D eigenvalue weighted by atomic mass is 127. The van der Waals surface area contributed by atoms with E-state index in [-0.39, 0.29) is 9.34 Å². The van der Waals surface area contributed by atoms with Crippen molar-refractivity contribution in [3.8, 4) is 0 Å². The van der Waals surface area contributed by atoms with Crippen molar-refractivity contribution in [2.45, 2.75) is 6.92 Å². The highest BCUT2D eigenvalue weighted by Gasteiger charge is 2.00. The first-order valence-electron chi connectivity index (χ1n) is 1.85. The van der Waals surface area contributed by atoms with Crippen molar-refractivity contribution in [2.75, 3.05) is 0 Å². The van der Waals surface area contributed by atoms with Gasteiger partial charge in [-0.15, -0.1) is 0 Å². The minimum atomic E-state index is -1.09. The molecule has 4 heteroatoms. The molecule has 0 rings (SSSR count). The molecule has 0 aromatic rings. The van der Waals surface area contributed by atoms with Crippen LogP contribution in [0.4, 0.5) is 4.39 Å². The highest BCUT2D eigenvalue weighted by Crippen LogP contribution is 2.09. The first-order valence-corrected chi connectivity index (χ1v) is 2.93. The van der Waals surface area contributed by atoms with Gasteiger partial charge in [0, 0.05) is 0 Å². The molecule has 0 amide bonds. The Morgan fingerprint density at radius 2 is 2.12 bits per heavy atom. The van der Waals surface area contributed by atoms with Crippen LogP contribution in [-0.4, -0.2) is 11.1 Å². The predicted octanol–water partition coefficient (Wildman–Crippen LogP) is 2.16. The van der Waals surface area contributed by atoms with Gasteiger partial charge in [0.15, 0.2) is 3.77 Å². The fourth-order valence-electron chi connectivity index (χ4n) is 0.0906. The molecule has 0 heterocycles. The largest absolute Gasteiger partial charge is 0.502 e. The van der Waals surface area contributed by atoms with Crippen molar-refractivity contribution >= 4 is 28.6 Å². The van der Waals surface area contributed by atoms with Gasteiger partial charge in [-0.1, -0.05) is 0 Å². The zero-order valence-electron chi connectivity index (χ0n) is 4.20. The number of nitrogens with one attached hydrogen (secondary N) is 1. The van der Waals surface area contributed by atoms with Crippen molar-refractivity contribution in [2.24, 2.45) is 0 Å². The molecule has 0 fully saturated rings. The van der Waals surface area contributed by atoms with E-state index in [1.165, 1.54) is 29.5 Å². The van der Waals surface area contributed by atoms with Crippen molar-refractivity contribution in [3.63, 3.8) is 0 Å². The molecule has 2 nitrogen and oxygen atoms in total. The van der Waals surface area contributed by atoms with Crippen molar-refractivity contribution in [1.29, 1.82) is 5.41 Å². The lowest BCUT2D eigenvalue weighted by Gasteiger charge is -1.90. The van der Waals surface area contributed by atoms with E-state index in [0.29, 0.717) is 0 Å². The van der Waals surface area contributed by atoms with E-state index >= 15 is 0 Å². The minimum absolute atomic E-state index is 0.0226. The summed E-state index contributed by atoms with van der Waals surface area (Å²) in [6.07, 6.45) is 0. The maximum absolute atomic E-state index is 11.7. The smallest absolute Gasteiger partial charge is 0.212 e. The Hall–Kier alpha value is -0.130. The van der Waals surface area contributed by atoms with Gasteiger partial charge < -0.3 is 5.11 Å². The van der Waals surface area contributed by atoms with Gasteiger partial charge in [-0.3, -0.25) is 5.41 Å². The molecule has 46 valence electrons. The monoisotopic (exact) mass is 229 g/mol. The summed E-state index contributed by atoms with van der Waals surface area (Å²) in [5.41, 5.74) is -0.0226. The zero-order chi connectivity index (χ0) is 6.73. The Bertz CT molecular complexity index is 139. The van der Waals surface area contributed by atoms with Crippen LogP contribution in [0.15, 0.2) is 9.34 Å². The molecule has 0 unspecified atom stereocenters. The third-order valence-electron chi connectivity index (χ3n) is 0.639. The molecular formula is C4H5FINO. The topological polar surface area (TPSA) is 44.1 Å². The van der Waals surface area contributed by atoms with Gasteiger partial charge in [0.2, 0.25) is 5.97 Å². The third-order valence-corrected chi connectivity index (χ3v) is 1.45. The van der Waals surface area contributed by atoms with E-state index in [2.05, 4.69) is 0 Å². The van der Waals surface area contributed by atoms with Gasteiger partial charge in [-0.05, 0) is 29.5 Å². The van der Waals surface area contributed by atoms with E-state index in [0.717, 1.165) is 0 Å². The second-order valence-electron chi connectivity index (χ2n) is 1.23. The molecule has 0 bridgehead atoms. The van der Waals surface area contributed by atoms with Crippen LogP contribution in [0.5, 0.6) is 0 Å². The molecule has 0 aliphatic rings. The van der Waals surface area contributed by atoms with E-state index in [4.69, 9.17) is 10.5 Å². The van der Waals surface area contributed by atoms with Gasteiger partial charge in [-0.25, -0.2) is 0 Å². The molecule has 0 aromatic heterocycles. The standard InChI is InChI=1S/C4H5FINO/c1-2(3(5)7)4(6)8/h7-8H,1H3/b4-2-,7-3?. The second kappa shape index (κ2) is 3.01. The van der Waals surface area contributed by atoms with Crippen LogP contribution in [0.25, 0.3) is 0 Å². The fourth-order valence-corrected chi connectivity index (χ4v) is 0.327. The minimum Gasteiger partial charge on any atom is -0.502 e. The lowest BCUT2D eigenvalue weighted by atomic mass is 10.4. The normalized spacial score (nSPS) is 12.9. The number of halogens is 2. The molecule has 0 spiro atoms. The Morgan fingerprint density at radius 3 is 2.12 bits per heavy atom. The number of allylic oxidation sites excluding steroid dienone is 1. The number of aliphatic hydroxyl groups excluding tert-OH is 1. The molecule has 0 radical (unpaired) electrons. The van der Waals surface area contributed by atoms with Crippen LogP contribution in [-0.2, 0) is 0 Å². The summed E-state index contributed by atoms with van der Waals surface area (Å²) >= 11 is 1.54. The SMILES string of the molecule is C/C(C(=N)F)=C(/O)I.